The molecule has 3 aliphatic rings. The van der Waals surface area contributed by atoms with Gasteiger partial charge in [-0.05, 0) is 36.3 Å². The van der Waals surface area contributed by atoms with Crippen LogP contribution in [0.25, 0.3) is 5.70 Å². The van der Waals surface area contributed by atoms with Crippen molar-refractivity contribution in [3.8, 4) is 0 Å². The summed E-state index contributed by atoms with van der Waals surface area (Å²) in [5.74, 6) is -0.902. The number of carbonyl (C=O) groups is 3. The van der Waals surface area contributed by atoms with Gasteiger partial charge in [0, 0.05) is 19.6 Å². The quantitative estimate of drug-likeness (QED) is 0.355. The first kappa shape index (κ1) is 29.0. The van der Waals surface area contributed by atoms with Gasteiger partial charge in [-0.15, -0.1) is 0 Å². The van der Waals surface area contributed by atoms with Crippen LogP contribution in [0.1, 0.15) is 65.4 Å². The maximum atomic E-state index is 13.9. The Balaban J connectivity index is 1.59. The van der Waals surface area contributed by atoms with E-state index in [4.69, 9.17) is 15.3 Å². The Morgan fingerprint density at radius 3 is 2.51 bits per heavy atom. The van der Waals surface area contributed by atoms with Crippen molar-refractivity contribution in [2.75, 3.05) is 13.7 Å². The summed E-state index contributed by atoms with van der Waals surface area (Å²) in [6.45, 7) is 7.86. The monoisotopic (exact) mass is 541 g/mol. The smallest absolute Gasteiger partial charge is 0.251 e. The molecule has 214 valence electrons. The summed E-state index contributed by atoms with van der Waals surface area (Å²) in [5.41, 5.74) is 9.71. The van der Waals surface area contributed by atoms with Gasteiger partial charge in [-0.25, -0.2) is 0 Å². The third-order valence-electron chi connectivity index (χ3n) is 7.72. The maximum absolute atomic E-state index is 13.9. The molecule has 1 aromatic rings. The lowest BCUT2D eigenvalue weighted by Crippen LogP contribution is -2.58. The molecule has 0 bridgehead atoms. The average Bonchev–Trinajstić information content (AvgIpc) is 3.49. The van der Waals surface area contributed by atoms with Crippen molar-refractivity contribution in [2.24, 2.45) is 11.1 Å². The summed E-state index contributed by atoms with van der Waals surface area (Å²) in [4.78, 5) is 48.0. The van der Waals surface area contributed by atoms with Crippen molar-refractivity contribution in [3.05, 3.63) is 42.0 Å². The topological polar surface area (TPSA) is 135 Å². The first-order valence-electron chi connectivity index (χ1n) is 13.9. The SMILES string of the molecule is CCC[C@H](NC(=O)[C@@H]1C[C@]2(C=C(c3ccccc3)NO2)CN1C(=O)[C@@H](N)C(C)(C)C)C(OC)C(=O)NC1CC1. The summed E-state index contributed by atoms with van der Waals surface area (Å²) in [5, 5.41) is 6.01. The minimum absolute atomic E-state index is 0.172. The molecule has 1 unspecified atom stereocenters. The molecule has 2 heterocycles. The van der Waals surface area contributed by atoms with Gasteiger partial charge < -0.3 is 26.0 Å². The normalized spacial score (nSPS) is 25.0. The highest BCUT2D eigenvalue weighted by molar-refractivity contribution is 5.92. The summed E-state index contributed by atoms with van der Waals surface area (Å²) < 4.78 is 5.56. The largest absolute Gasteiger partial charge is 0.369 e. The van der Waals surface area contributed by atoms with Crippen LogP contribution >= 0.6 is 0 Å². The van der Waals surface area contributed by atoms with Crippen molar-refractivity contribution < 1.29 is 24.0 Å². The number of ether oxygens (including phenoxy) is 1. The number of hydroxylamine groups is 1. The Labute approximate surface area is 231 Å². The van der Waals surface area contributed by atoms with E-state index >= 15 is 0 Å². The van der Waals surface area contributed by atoms with E-state index in [0.29, 0.717) is 6.42 Å². The molecule has 4 rings (SSSR count). The molecule has 1 aromatic carbocycles. The number of carbonyl (C=O) groups excluding carboxylic acids is 3. The molecule has 1 aliphatic carbocycles. The van der Waals surface area contributed by atoms with Crippen LogP contribution < -0.4 is 21.8 Å². The molecule has 5 N–H and O–H groups in total. The van der Waals surface area contributed by atoms with Crippen molar-refractivity contribution >= 4 is 23.4 Å². The number of hydrogen-bond acceptors (Lipinski definition) is 7. The minimum Gasteiger partial charge on any atom is -0.369 e. The molecule has 10 nitrogen and oxygen atoms in total. The van der Waals surface area contributed by atoms with Gasteiger partial charge in [-0.1, -0.05) is 64.4 Å². The third kappa shape index (κ3) is 6.62. The second-order valence-corrected chi connectivity index (χ2v) is 12.1. The van der Waals surface area contributed by atoms with Crippen LogP contribution in [0, 0.1) is 5.41 Å². The Morgan fingerprint density at radius 1 is 1.23 bits per heavy atom. The molecule has 2 fully saturated rings. The summed E-state index contributed by atoms with van der Waals surface area (Å²) >= 11 is 0. The molecule has 1 saturated heterocycles. The predicted octanol–water partition coefficient (Wildman–Crippen LogP) is 1.85. The lowest BCUT2D eigenvalue weighted by atomic mass is 9.86. The van der Waals surface area contributed by atoms with E-state index in [9.17, 15) is 14.4 Å². The highest BCUT2D eigenvalue weighted by Gasteiger charge is 2.53. The molecular formula is C29H43N5O5. The molecule has 10 heteroatoms. The zero-order valence-electron chi connectivity index (χ0n) is 23.7. The lowest BCUT2D eigenvalue weighted by molar-refractivity contribution is -0.143. The molecule has 0 radical (unpaired) electrons. The van der Waals surface area contributed by atoms with Gasteiger partial charge in [0.2, 0.25) is 11.8 Å². The van der Waals surface area contributed by atoms with Gasteiger partial charge in [-0.2, -0.15) is 0 Å². The minimum atomic E-state index is -0.898. The number of amides is 3. The Hall–Kier alpha value is -2.95. The number of nitrogens with two attached hydrogens (primary N) is 1. The molecular weight excluding hydrogens is 498 g/mol. The second kappa shape index (κ2) is 11.7. The average molecular weight is 542 g/mol. The van der Waals surface area contributed by atoms with Crippen LogP contribution in [0.3, 0.4) is 0 Å². The first-order valence-corrected chi connectivity index (χ1v) is 13.9. The van der Waals surface area contributed by atoms with Crippen LogP contribution in [-0.2, 0) is 24.0 Å². The van der Waals surface area contributed by atoms with Gasteiger partial charge in [0.05, 0.1) is 24.3 Å². The van der Waals surface area contributed by atoms with E-state index in [2.05, 4.69) is 16.1 Å². The Morgan fingerprint density at radius 2 is 1.92 bits per heavy atom. The predicted molar refractivity (Wildman–Crippen MR) is 148 cm³/mol. The molecule has 3 amide bonds. The van der Waals surface area contributed by atoms with Crippen LogP contribution in [0.2, 0.25) is 0 Å². The van der Waals surface area contributed by atoms with Crippen molar-refractivity contribution in [2.45, 2.75) is 95.7 Å². The highest BCUT2D eigenvalue weighted by Crippen LogP contribution is 2.38. The van der Waals surface area contributed by atoms with Gasteiger partial charge in [0.25, 0.3) is 5.91 Å². The third-order valence-corrected chi connectivity index (χ3v) is 7.72. The molecule has 1 spiro atoms. The molecule has 5 atom stereocenters. The van der Waals surface area contributed by atoms with Crippen molar-refractivity contribution in [3.63, 3.8) is 0 Å². The number of rotatable bonds is 10. The standard InChI is InChI=1S/C29H43N5O5/c1-6-10-20(23(38-5)26(36)31-19-13-14-19)32-25(35)22-16-29(17-34(22)27(37)24(30)28(2,3)4)15-21(33-39-29)18-11-8-7-9-12-18/h7-9,11-12,15,19-20,22-24,33H,6,10,13-14,16-17,30H2,1-5H3,(H,31,36)(H,32,35)/t20-,22-,23?,24+,29+/m0/s1. The second-order valence-electron chi connectivity index (χ2n) is 12.1. The Bertz CT molecular complexity index is 1080. The van der Waals surface area contributed by atoms with Gasteiger partial charge in [0.15, 0.2) is 6.10 Å². The summed E-state index contributed by atoms with van der Waals surface area (Å²) in [7, 11) is 1.47. The number of benzene rings is 1. The first-order chi connectivity index (χ1) is 18.5. The summed E-state index contributed by atoms with van der Waals surface area (Å²) in [6.07, 6.45) is 4.55. The molecule has 39 heavy (non-hydrogen) atoms. The zero-order chi connectivity index (χ0) is 28.4. The number of nitrogens with zero attached hydrogens (tertiary/aromatic N) is 1. The van der Waals surface area contributed by atoms with Gasteiger partial charge >= 0.3 is 0 Å². The van der Waals surface area contributed by atoms with Crippen LogP contribution in [0.5, 0.6) is 0 Å². The zero-order valence-corrected chi connectivity index (χ0v) is 23.7. The van der Waals surface area contributed by atoms with Gasteiger partial charge in [0.1, 0.15) is 11.6 Å². The van der Waals surface area contributed by atoms with Crippen LogP contribution in [0.4, 0.5) is 0 Å². The van der Waals surface area contributed by atoms with E-state index in [-0.39, 0.29) is 36.7 Å². The number of hydrogen-bond donors (Lipinski definition) is 4. The van der Waals surface area contributed by atoms with E-state index in [1.54, 1.807) is 0 Å². The fourth-order valence-electron chi connectivity index (χ4n) is 5.19. The molecule has 2 aliphatic heterocycles. The number of methoxy groups -OCH3 is 1. The van der Waals surface area contributed by atoms with Crippen molar-refractivity contribution in [1.29, 1.82) is 0 Å². The number of nitrogens with one attached hydrogen (secondary N) is 3. The van der Waals surface area contributed by atoms with E-state index < -0.39 is 35.2 Å². The molecule has 0 aromatic heterocycles. The van der Waals surface area contributed by atoms with Crippen LogP contribution in [-0.4, -0.2) is 72.1 Å². The number of likely N-dealkylation sites (tertiary alicyclic amines) is 1. The van der Waals surface area contributed by atoms with E-state index in [1.807, 2.05) is 64.1 Å². The fourth-order valence-corrected chi connectivity index (χ4v) is 5.19. The van der Waals surface area contributed by atoms with E-state index in [1.165, 1.54) is 12.0 Å². The Kier molecular flexibility index (Phi) is 8.68. The van der Waals surface area contributed by atoms with Gasteiger partial charge in [-0.3, -0.25) is 24.7 Å². The maximum Gasteiger partial charge on any atom is 0.251 e. The summed E-state index contributed by atoms with van der Waals surface area (Å²) in [6, 6.07) is 7.72. The van der Waals surface area contributed by atoms with Crippen LogP contribution in [0.15, 0.2) is 36.4 Å². The fraction of sp³-hybridized carbons (Fsp3) is 0.621. The van der Waals surface area contributed by atoms with Crippen molar-refractivity contribution in [1.82, 2.24) is 21.0 Å². The highest BCUT2D eigenvalue weighted by atomic mass is 16.7. The van der Waals surface area contributed by atoms with E-state index in [0.717, 1.165) is 30.5 Å². The molecule has 1 saturated carbocycles. The lowest BCUT2D eigenvalue weighted by Gasteiger charge is -2.33.